The molecule has 0 aromatic heterocycles. The van der Waals surface area contributed by atoms with Gasteiger partial charge in [-0.15, -0.1) is 0 Å². The molecule has 0 aliphatic carbocycles. The lowest BCUT2D eigenvalue weighted by Crippen LogP contribution is -2.35. The van der Waals surface area contributed by atoms with Gasteiger partial charge in [-0.2, -0.15) is 0 Å². The quantitative estimate of drug-likeness (QED) is 0.768. The van der Waals surface area contributed by atoms with Gasteiger partial charge in [0.1, 0.15) is 0 Å². The van der Waals surface area contributed by atoms with E-state index in [-0.39, 0.29) is 22.4 Å². The number of ether oxygens (including phenoxy) is 1. The lowest BCUT2D eigenvalue weighted by atomic mass is 10.2. The SMILES string of the molecule is CCC[C@H](C)NC(=O)COC(=O)c1cccc(S(C)(=O)=O)c1. The summed E-state index contributed by atoms with van der Waals surface area (Å²) in [6.45, 7) is 3.49. The van der Waals surface area contributed by atoms with Gasteiger partial charge in [-0.3, -0.25) is 4.79 Å². The molecule has 0 aliphatic rings. The van der Waals surface area contributed by atoms with Crippen molar-refractivity contribution in [3.63, 3.8) is 0 Å². The fourth-order valence-corrected chi connectivity index (χ4v) is 2.56. The molecule has 0 unspecified atom stereocenters. The van der Waals surface area contributed by atoms with Gasteiger partial charge in [0.2, 0.25) is 0 Å². The molecule has 0 saturated carbocycles. The standard InChI is InChI=1S/C15H21NO5S/c1-4-6-11(2)16-14(17)10-21-15(18)12-7-5-8-13(9-12)22(3,19)20/h5,7-9,11H,4,6,10H2,1-3H3,(H,16,17)/t11-/m0/s1. The molecule has 0 heterocycles. The van der Waals surface area contributed by atoms with Gasteiger partial charge in [0.05, 0.1) is 10.5 Å². The molecule has 22 heavy (non-hydrogen) atoms. The Morgan fingerprint density at radius 1 is 1.32 bits per heavy atom. The molecule has 122 valence electrons. The highest BCUT2D eigenvalue weighted by Crippen LogP contribution is 2.12. The van der Waals surface area contributed by atoms with Crippen LogP contribution in [0.1, 0.15) is 37.0 Å². The summed E-state index contributed by atoms with van der Waals surface area (Å²) in [5.74, 6) is -1.11. The predicted molar refractivity (Wildman–Crippen MR) is 82.3 cm³/mol. The van der Waals surface area contributed by atoms with Crippen molar-refractivity contribution in [3.8, 4) is 0 Å². The molecule has 0 aliphatic heterocycles. The Bertz CT molecular complexity index is 639. The fourth-order valence-electron chi connectivity index (χ4n) is 1.89. The van der Waals surface area contributed by atoms with E-state index < -0.39 is 22.4 Å². The summed E-state index contributed by atoms with van der Waals surface area (Å²) >= 11 is 0. The van der Waals surface area contributed by atoms with Gasteiger partial charge in [0, 0.05) is 12.3 Å². The highest BCUT2D eigenvalue weighted by Gasteiger charge is 2.14. The van der Waals surface area contributed by atoms with Gasteiger partial charge in [-0.1, -0.05) is 19.4 Å². The van der Waals surface area contributed by atoms with Crippen LogP contribution in [0.25, 0.3) is 0 Å². The number of esters is 1. The first-order valence-electron chi connectivity index (χ1n) is 7.00. The summed E-state index contributed by atoms with van der Waals surface area (Å²) < 4.78 is 27.8. The lowest BCUT2D eigenvalue weighted by molar-refractivity contribution is -0.124. The molecule has 0 spiro atoms. The highest BCUT2D eigenvalue weighted by molar-refractivity contribution is 7.90. The normalized spacial score (nSPS) is 12.5. The predicted octanol–water partition coefficient (Wildman–Crippen LogP) is 1.55. The van der Waals surface area contributed by atoms with Crippen molar-refractivity contribution in [2.75, 3.05) is 12.9 Å². The van der Waals surface area contributed by atoms with Crippen molar-refractivity contribution in [2.45, 2.75) is 37.6 Å². The van der Waals surface area contributed by atoms with Crippen LogP contribution in [0, 0.1) is 0 Å². The second kappa shape index (κ2) is 7.93. The van der Waals surface area contributed by atoms with Crippen LogP contribution in [0.2, 0.25) is 0 Å². The Hall–Kier alpha value is -1.89. The summed E-state index contributed by atoms with van der Waals surface area (Å²) in [5, 5.41) is 2.71. The summed E-state index contributed by atoms with van der Waals surface area (Å²) in [6.07, 6.45) is 2.84. The second-order valence-electron chi connectivity index (χ2n) is 5.13. The minimum atomic E-state index is -3.40. The number of sulfone groups is 1. The minimum absolute atomic E-state index is 0.0183. The molecule has 1 N–H and O–H groups in total. The van der Waals surface area contributed by atoms with E-state index in [0.717, 1.165) is 19.1 Å². The molecule has 1 atom stereocenters. The summed E-state index contributed by atoms with van der Waals surface area (Å²) in [6, 6.07) is 5.54. The van der Waals surface area contributed by atoms with E-state index in [0.29, 0.717) is 0 Å². The molecule has 7 heteroatoms. The third kappa shape index (κ3) is 5.85. The van der Waals surface area contributed by atoms with Crippen LogP contribution in [-0.4, -0.2) is 39.2 Å². The maximum Gasteiger partial charge on any atom is 0.338 e. The number of rotatable bonds is 7. The first kappa shape index (κ1) is 18.2. The Morgan fingerprint density at radius 2 is 2.00 bits per heavy atom. The topological polar surface area (TPSA) is 89.5 Å². The van der Waals surface area contributed by atoms with Crippen LogP contribution in [0.3, 0.4) is 0 Å². The zero-order chi connectivity index (χ0) is 16.8. The molecule has 0 radical (unpaired) electrons. The van der Waals surface area contributed by atoms with E-state index in [1.54, 1.807) is 0 Å². The molecule has 1 amide bonds. The van der Waals surface area contributed by atoms with Crippen molar-refractivity contribution >= 4 is 21.7 Å². The Kier molecular flexibility index (Phi) is 6.55. The number of nitrogens with one attached hydrogen (secondary N) is 1. The summed E-state index contributed by atoms with van der Waals surface area (Å²) in [5.41, 5.74) is 0.0948. The largest absolute Gasteiger partial charge is 0.452 e. The zero-order valence-corrected chi connectivity index (χ0v) is 13.8. The molecule has 6 nitrogen and oxygen atoms in total. The van der Waals surface area contributed by atoms with Gasteiger partial charge in [0.15, 0.2) is 16.4 Å². The van der Waals surface area contributed by atoms with Crippen LogP contribution in [0.15, 0.2) is 29.2 Å². The lowest BCUT2D eigenvalue weighted by Gasteiger charge is -2.12. The third-order valence-electron chi connectivity index (χ3n) is 2.96. The van der Waals surface area contributed by atoms with Crippen molar-refractivity contribution in [1.29, 1.82) is 0 Å². The van der Waals surface area contributed by atoms with Gasteiger partial charge < -0.3 is 10.1 Å². The van der Waals surface area contributed by atoms with Gasteiger partial charge in [-0.25, -0.2) is 13.2 Å². The van der Waals surface area contributed by atoms with Crippen LogP contribution in [0.5, 0.6) is 0 Å². The average molecular weight is 327 g/mol. The molecular formula is C15H21NO5S. The first-order chi connectivity index (χ1) is 10.2. The molecule has 1 aromatic rings. The number of benzene rings is 1. The molecule has 0 saturated heterocycles. The van der Waals surface area contributed by atoms with E-state index in [1.807, 2.05) is 13.8 Å². The number of hydrogen-bond donors (Lipinski definition) is 1. The molecular weight excluding hydrogens is 306 g/mol. The average Bonchev–Trinajstić information content (AvgIpc) is 2.44. The number of amides is 1. The maximum absolute atomic E-state index is 11.8. The van der Waals surface area contributed by atoms with E-state index in [4.69, 9.17) is 4.74 Å². The monoisotopic (exact) mass is 327 g/mol. The molecule has 1 rings (SSSR count). The van der Waals surface area contributed by atoms with Crippen molar-refractivity contribution in [3.05, 3.63) is 29.8 Å². The summed E-state index contributed by atoms with van der Waals surface area (Å²) in [7, 11) is -3.40. The second-order valence-corrected chi connectivity index (χ2v) is 7.15. The van der Waals surface area contributed by atoms with Crippen molar-refractivity contribution in [2.24, 2.45) is 0 Å². The zero-order valence-electron chi connectivity index (χ0n) is 13.0. The van der Waals surface area contributed by atoms with Gasteiger partial charge >= 0.3 is 5.97 Å². The summed E-state index contributed by atoms with van der Waals surface area (Å²) in [4.78, 5) is 23.5. The fraction of sp³-hybridized carbons (Fsp3) is 0.467. The molecule has 1 aromatic carbocycles. The van der Waals surface area contributed by atoms with E-state index in [9.17, 15) is 18.0 Å². The highest BCUT2D eigenvalue weighted by atomic mass is 32.2. The Balaban J connectivity index is 2.61. The van der Waals surface area contributed by atoms with Crippen LogP contribution >= 0.6 is 0 Å². The van der Waals surface area contributed by atoms with Gasteiger partial charge in [0.25, 0.3) is 5.91 Å². The number of hydrogen-bond acceptors (Lipinski definition) is 5. The smallest absolute Gasteiger partial charge is 0.338 e. The van der Waals surface area contributed by atoms with E-state index in [1.165, 1.54) is 24.3 Å². The minimum Gasteiger partial charge on any atom is -0.452 e. The maximum atomic E-state index is 11.8. The van der Waals surface area contributed by atoms with Crippen molar-refractivity contribution < 1.29 is 22.7 Å². The van der Waals surface area contributed by atoms with Crippen molar-refractivity contribution in [1.82, 2.24) is 5.32 Å². The Morgan fingerprint density at radius 3 is 2.59 bits per heavy atom. The molecule has 0 bridgehead atoms. The van der Waals surface area contributed by atoms with Crippen LogP contribution in [-0.2, 0) is 19.4 Å². The number of carbonyl (C=O) groups is 2. The Labute approximate surface area is 130 Å². The van der Waals surface area contributed by atoms with Gasteiger partial charge in [-0.05, 0) is 31.5 Å². The first-order valence-corrected chi connectivity index (χ1v) is 8.89. The van der Waals surface area contributed by atoms with E-state index in [2.05, 4.69) is 5.32 Å². The van der Waals surface area contributed by atoms with Crippen LogP contribution in [0.4, 0.5) is 0 Å². The van der Waals surface area contributed by atoms with Crippen LogP contribution < -0.4 is 5.32 Å². The molecule has 0 fully saturated rings. The van der Waals surface area contributed by atoms with E-state index >= 15 is 0 Å². The number of carbonyl (C=O) groups excluding carboxylic acids is 2. The third-order valence-corrected chi connectivity index (χ3v) is 4.07.